The van der Waals surface area contributed by atoms with E-state index in [0.29, 0.717) is 24.3 Å². The Bertz CT molecular complexity index is 82.1. The molecule has 2 amide bonds. The molecule has 0 rings (SSSR count). The molecule has 0 saturated heterocycles. The number of amides is 2. The van der Waals surface area contributed by atoms with Gasteiger partial charge in [-0.15, -0.1) is 0 Å². The predicted octanol–water partition coefficient (Wildman–Crippen LogP) is -0.589. The van der Waals surface area contributed by atoms with Gasteiger partial charge in [-0.2, -0.15) is 3.71 Å². The van der Waals surface area contributed by atoms with Crippen LogP contribution >= 0.6 is 24.3 Å². The van der Waals surface area contributed by atoms with Gasteiger partial charge < -0.3 is 5.73 Å². The largest absolute Gasteiger partial charge is 0.350 e. The van der Waals surface area contributed by atoms with Crippen LogP contribution in [-0.2, 0) is 0 Å². The van der Waals surface area contributed by atoms with Crippen LogP contribution in [0.2, 0.25) is 0 Å². The number of nitrogens with zero attached hydrogens (tertiary/aromatic N) is 1. The highest BCUT2D eigenvalue weighted by Crippen LogP contribution is 2.08. The maximum atomic E-state index is 10.1. The second kappa shape index (κ2) is 3.84. The first-order chi connectivity index (χ1) is 3.72. The summed E-state index contributed by atoms with van der Waals surface area (Å²) in [5.41, 5.74) is 4.74. The van der Waals surface area contributed by atoms with Crippen LogP contribution in [0.3, 0.4) is 0 Å². The van der Waals surface area contributed by atoms with Gasteiger partial charge in [0, 0.05) is 0 Å². The SMILES string of the molecule is NSN(SN)C(N)=O. The summed E-state index contributed by atoms with van der Waals surface area (Å²) in [6.07, 6.45) is 0. The van der Waals surface area contributed by atoms with Gasteiger partial charge in [0.2, 0.25) is 0 Å². The maximum absolute atomic E-state index is 10.1. The third-order valence-corrected chi connectivity index (χ3v) is 1.63. The Hall–Kier alpha value is -0.110. The van der Waals surface area contributed by atoms with Crippen LogP contribution in [0.15, 0.2) is 0 Å². The number of primary amides is 1. The summed E-state index contributed by atoms with van der Waals surface area (Å²) < 4.78 is 0.944. The Kier molecular flexibility index (Phi) is 3.79. The summed E-state index contributed by atoms with van der Waals surface area (Å²) in [7, 11) is 0. The average Bonchev–Trinajstić information content (AvgIpc) is 1.69. The minimum Gasteiger partial charge on any atom is -0.350 e. The molecule has 0 aromatic rings. The van der Waals surface area contributed by atoms with Gasteiger partial charge >= 0.3 is 6.03 Å². The third kappa shape index (κ3) is 2.26. The molecule has 0 spiro atoms. The fraction of sp³-hybridized carbons (Fsp3) is 0. The number of rotatable bonds is 2. The van der Waals surface area contributed by atoms with Crippen molar-refractivity contribution in [2.45, 2.75) is 0 Å². The van der Waals surface area contributed by atoms with Crippen molar-refractivity contribution in [1.82, 2.24) is 3.71 Å². The van der Waals surface area contributed by atoms with E-state index >= 15 is 0 Å². The van der Waals surface area contributed by atoms with Gasteiger partial charge in [0.15, 0.2) is 0 Å². The number of hydrogen-bond donors (Lipinski definition) is 3. The minimum absolute atomic E-state index is 0.662. The smallest absolute Gasteiger partial charge is 0.337 e. The topological polar surface area (TPSA) is 98.4 Å². The molecule has 7 heteroatoms. The summed E-state index contributed by atoms with van der Waals surface area (Å²) in [6.45, 7) is 0. The normalized spacial score (nSPS) is 8.75. The number of urea groups is 1. The lowest BCUT2D eigenvalue weighted by molar-refractivity contribution is 0.246. The van der Waals surface area contributed by atoms with Gasteiger partial charge in [0.05, 0.1) is 24.3 Å². The second-order valence-corrected chi connectivity index (χ2v) is 2.19. The molecular weight excluding hydrogens is 148 g/mol. The van der Waals surface area contributed by atoms with Crippen molar-refractivity contribution in [3.05, 3.63) is 0 Å². The van der Waals surface area contributed by atoms with Crippen molar-refractivity contribution in [1.29, 1.82) is 0 Å². The van der Waals surface area contributed by atoms with E-state index < -0.39 is 6.03 Å². The fourth-order valence-corrected chi connectivity index (χ4v) is 0.535. The molecule has 0 heterocycles. The summed E-state index contributed by atoms with van der Waals surface area (Å²) in [5.74, 6) is 0. The van der Waals surface area contributed by atoms with Crippen molar-refractivity contribution < 1.29 is 4.79 Å². The van der Waals surface area contributed by atoms with Crippen LogP contribution in [0.4, 0.5) is 4.79 Å². The van der Waals surface area contributed by atoms with Crippen molar-refractivity contribution >= 4 is 30.3 Å². The van der Waals surface area contributed by atoms with E-state index in [4.69, 9.17) is 16.0 Å². The third-order valence-electron chi connectivity index (χ3n) is 0.371. The standard InChI is InChI=1S/CH6N4OS2/c2-1(6)5(7-3)8-4/h3-4H2,(H2,2,6). The van der Waals surface area contributed by atoms with Gasteiger partial charge in [0.1, 0.15) is 0 Å². The highest BCUT2D eigenvalue weighted by atomic mass is 32.2. The Morgan fingerprint density at radius 1 is 1.38 bits per heavy atom. The molecule has 0 saturated carbocycles. The van der Waals surface area contributed by atoms with E-state index in [2.05, 4.69) is 0 Å². The molecule has 0 aliphatic rings. The van der Waals surface area contributed by atoms with Gasteiger partial charge in [0.25, 0.3) is 0 Å². The zero-order valence-electron chi connectivity index (χ0n) is 3.90. The van der Waals surface area contributed by atoms with Crippen LogP contribution in [-0.4, -0.2) is 9.74 Å². The molecule has 0 aliphatic heterocycles. The van der Waals surface area contributed by atoms with Crippen LogP contribution < -0.4 is 16.0 Å². The van der Waals surface area contributed by atoms with Crippen molar-refractivity contribution in [2.24, 2.45) is 16.0 Å². The van der Waals surface area contributed by atoms with E-state index in [1.54, 1.807) is 0 Å². The molecule has 0 aromatic heterocycles. The Morgan fingerprint density at radius 3 is 1.75 bits per heavy atom. The molecule has 0 unspecified atom stereocenters. The highest BCUT2D eigenvalue weighted by Gasteiger charge is 2.04. The number of hydrogen-bond acceptors (Lipinski definition) is 5. The van der Waals surface area contributed by atoms with E-state index in [1.807, 2.05) is 0 Å². The quantitative estimate of drug-likeness (QED) is 0.462. The highest BCUT2D eigenvalue weighted by molar-refractivity contribution is 8.10. The van der Waals surface area contributed by atoms with Crippen LogP contribution in [0.1, 0.15) is 0 Å². The fourth-order valence-electron chi connectivity index (χ4n) is 0.129. The lowest BCUT2D eigenvalue weighted by atomic mass is 11.2. The summed E-state index contributed by atoms with van der Waals surface area (Å²) in [4.78, 5) is 10.1. The Balaban J connectivity index is 3.52. The van der Waals surface area contributed by atoms with Gasteiger partial charge in [-0.1, -0.05) is 0 Å². The predicted molar refractivity (Wildman–Crippen MR) is 35.0 cm³/mol. The molecule has 0 aromatic carbocycles. The van der Waals surface area contributed by atoms with Gasteiger partial charge in [-0.25, -0.2) is 4.79 Å². The lowest BCUT2D eigenvalue weighted by Gasteiger charge is -2.08. The molecule has 0 atom stereocenters. The second-order valence-electron chi connectivity index (χ2n) is 0.806. The van der Waals surface area contributed by atoms with E-state index in [1.165, 1.54) is 0 Å². The van der Waals surface area contributed by atoms with E-state index in [0.717, 1.165) is 3.71 Å². The molecule has 8 heavy (non-hydrogen) atoms. The van der Waals surface area contributed by atoms with Crippen molar-refractivity contribution in [2.75, 3.05) is 0 Å². The average molecular weight is 154 g/mol. The van der Waals surface area contributed by atoms with Crippen molar-refractivity contribution in [3.8, 4) is 0 Å². The maximum Gasteiger partial charge on any atom is 0.337 e. The molecule has 6 N–H and O–H groups in total. The van der Waals surface area contributed by atoms with E-state index in [9.17, 15) is 4.79 Å². The van der Waals surface area contributed by atoms with Crippen LogP contribution in [0.25, 0.3) is 0 Å². The van der Waals surface area contributed by atoms with Crippen molar-refractivity contribution in [3.63, 3.8) is 0 Å². The van der Waals surface area contributed by atoms with E-state index in [-0.39, 0.29) is 0 Å². The molecule has 5 nitrogen and oxygen atoms in total. The van der Waals surface area contributed by atoms with Crippen LogP contribution in [0, 0.1) is 0 Å². The summed E-state index contributed by atoms with van der Waals surface area (Å²) in [6, 6.07) is -0.662. The first kappa shape index (κ1) is 7.89. The first-order valence-corrected chi connectivity index (χ1v) is 3.23. The molecule has 0 aliphatic carbocycles. The zero-order valence-corrected chi connectivity index (χ0v) is 5.54. The number of carbonyl (C=O) groups excluding carboxylic acids is 1. The Morgan fingerprint density at radius 2 is 1.75 bits per heavy atom. The monoisotopic (exact) mass is 154 g/mol. The minimum atomic E-state index is -0.662. The molecule has 0 fully saturated rings. The molecule has 0 bridgehead atoms. The lowest BCUT2D eigenvalue weighted by Crippen LogP contribution is -2.26. The molecular formula is CH6N4OS2. The Labute approximate surface area is 55.5 Å². The summed E-state index contributed by atoms with van der Waals surface area (Å²) >= 11 is 1.35. The first-order valence-electron chi connectivity index (χ1n) is 1.55. The number of nitrogens with two attached hydrogens (primary N) is 3. The molecule has 0 radical (unpaired) electrons. The van der Waals surface area contributed by atoms with Gasteiger partial charge in [-0.05, 0) is 0 Å². The zero-order chi connectivity index (χ0) is 6.57. The summed E-state index contributed by atoms with van der Waals surface area (Å²) in [5, 5.41) is 9.85. The van der Waals surface area contributed by atoms with Gasteiger partial charge in [-0.3, -0.25) is 10.3 Å². The molecule has 48 valence electrons. The van der Waals surface area contributed by atoms with Crippen LogP contribution in [0.5, 0.6) is 0 Å². The number of carbonyl (C=O) groups is 1.